The van der Waals surface area contributed by atoms with Crippen molar-refractivity contribution in [2.45, 2.75) is 17.1 Å². The SMILES string of the molecule is C[C@H]1Sc2ccc(C(=O)N3CCN(CCOc4ccccc4)CC3)cc2NC1=O. The maximum absolute atomic E-state index is 12.9. The number of anilines is 1. The highest BCUT2D eigenvalue weighted by molar-refractivity contribution is 8.00. The van der Waals surface area contributed by atoms with Gasteiger partial charge in [-0.3, -0.25) is 14.5 Å². The molecule has 2 aliphatic heterocycles. The zero-order valence-corrected chi connectivity index (χ0v) is 17.3. The molecular formula is C22H25N3O3S. The first-order valence-electron chi connectivity index (χ1n) is 9.91. The first-order valence-corrected chi connectivity index (χ1v) is 10.8. The Morgan fingerprint density at radius 3 is 2.66 bits per heavy atom. The van der Waals surface area contributed by atoms with Gasteiger partial charge in [0, 0.05) is 43.2 Å². The maximum Gasteiger partial charge on any atom is 0.254 e. The number of carbonyl (C=O) groups excluding carboxylic acids is 2. The van der Waals surface area contributed by atoms with Gasteiger partial charge in [0.25, 0.3) is 5.91 Å². The summed E-state index contributed by atoms with van der Waals surface area (Å²) in [6.07, 6.45) is 0. The molecule has 0 radical (unpaired) electrons. The first kappa shape index (κ1) is 19.8. The van der Waals surface area contributed by atoms with Crippen molar-refractivity contribution in [1.29, 1.82) is 0 Å². The molecule has 1 N–H and O–H groups in total. The molecule has 0 spiro atoms. The molecule has 2 aliphatic rings. The number of para-hydroxylation sites is 1. The topological polar surface area (TPSA) is 61.9 Å². The van der Waals surface area contributed by atoms with Crippen molar-refractivity contribution < 1.29 is 14.3 Å². The van der Waals surface area contributed by atoms with Crippen LogP contribution in [0.1, 0.15) is 17.3 Å². The van der Waals surface area contributed by atoms with E-state index in [9.17, 15) is 9.59 Å². The summed E-state index contributed by atoms with van der Waals surface area (Å²) in [6, 6.07) is 15.4. The van der Waals surface area contributed by atoms with E-state index in [-0.39, 0.29) is 17.1 Å². The van der Waals surface area contributed by atoms with Gasteiger partial charge in [0.1, 0.15) is 12.4 Å². The number of hydrogen-bond donors (Lipinski definition) is 1. The van der Waals surface area contributed by atoms with Crippen molar-refractivity contribution >= 4 is 29.3 Å². The van der Waals surface area contributed by atoms with E-state index in [0.717, 1.165) is 36.0 Å². The van der Waals surface area contributed by atoms with Crippen molar-refractivity contribution in [3.63, 3.8) is 0 Å². The Morgan fingerprint density at radius 2 is 1.90 bits per heavy atom. The standard InChI is InChI=1S/C22H25N3O3S/c1-16-21(26)23-19-15-17(7-8-20(19)29-16)22(27)25-11-9-24(10-12-25)13-14-28-18-5-3-2-4-6-18/h2-8,15-16H,9-14H2,1H3,(H,23,26)/t16-/m1/s1. The van der Waals surface area contributed by atoms with Gasteiger partial charge < -0.3 is 15.0 Å². The molecule has 0 unspecified atom stereocenters. The predicted molar refractivity (Wildman–Crippen MR) is 115 cm³/mol. The molecule has 0 aliphatic carbocycles. The molecule has 0 saturated carbocycles. The predicted octanol–water partition coefficient (Wildman–Crippen LogP) is 2.96. The van der Waals surface area contributed by atoms with Crippen LogP contribution >= 0.6 is 11.8 Å². The van der Waals surface area contributed by atoms with Crippen LogP contribution in [0.15, 0.2) is 53.4 Å². The van der Waals surface area contributed by atoms with Gasteiger partial charge in [-0.2, -0.15) is 0 Å². The Hall–Kier alpha value is -2.51. The van der Waals surface area contributed by atoms with E-state index in [0.29, 0.717) is 25.3 Å². The zero-order chi connectivity index (χ0) is 20.2. The molecule has 0 bridgehead atoms. The van der Waals surface area contributed by atoms with Crippen LogP contribution in [0.5, 0.6) is 5.75 Å². The summed E-state index contributed by atoms with van der Waals surface area (Å²) >= 11 is 1.53. The normalized spacial score (nSPS) is 19.4. The van der Waals surface area contributed by atoms with Crippen molar-refractivity contribution in [1.82, 2.24) is 9.80 Å². The van der Waals surface area contributed by atoms with Gasteiger partial charge in [0.15, 0.2) is 0 Å². The number of benzene rings is 2. The van der Waals surface area contributed by atoms with E-state index in [1.807, 2.05) is 54.3 Å². The monoisotopic (exact) mass is 411 g/mol. The number of carbonyl (C=O) groups is 2. The number of hydrogen-bond acceptors (Lipinski definition) is 5. The number of thioether (sulfide) groups is 1. The van der Waals surface area contributed by atoms with Crippen LogP contribution < -0.4 is 10.1 Å². The van der Waals surface area contributed by atoms with Crippen LogP contribution in [0.3, 0.4) is 0 Å². The summed E-state index contributed by atoms with van der Waals surface area (Å²) in [5.41, 5.74) is 1.36. The van der Waals surface area contributed by atoms with Crippen LogP contribution in [0.4, 0.5) is 5.69 Å². The van der Waals surface area contributed by atoms with Crippen LogP contribution in [0.25, 0.3) is 0 Å². The van der Waals surface area contributed by atoms with Crippen molar-refractivity contribution in [2.24, 2.45) is 0 Å². The Bertz CT molecular complexity index is 882. The van der Waals surface area contributed by atoms with Crippen molar-refractivity contribution in [3.8, 4) is 5.75 Å². The molecule has 1 atom stereocenters. The molecule has 2 amide bonds. The summed E-state index contributed by atoms with van der Waals surface area (Å²) in [6.45, 7) is 6.42. The van der Waals surface area contributed by atoms with E-state index >= 15 is 0 Å². The minimum absolute atomic E-state index is 0.0153. The minimum Gasteiger partial charge on any atom is -0.492 e. The average molecular weight is 412 g/mol. The Balaban J connectivity index is 1.28. The number of piperazine rings is 1. The lowest BCUT2D eigenvalue weighted by Gasteiger charge is -2.34. The van der Waals surface area contributed by atoms with Gasteiger partial charge in [0.2, 0.25) is 5.91 Å². The molecule has 0 aromatic heterocycles. The number of ether oxygens (including phenoxy) is 1. The fraction of sp³-hybridized carbons (Fsp3) is 0.364. The second-order valence-corrected chi connectivity index (χ2v) is 8.64. The summed E-state index contributed by atoms with van der Waals surface area (Å²) in [7, 11) is 0. The fourth-order valence-corrected chi connectivity index (χ4v) is 4.44. The van der Waals surface area contributed by atoms with E-state index in [1.54, 1.807) is 6.07 Å². The molecular weight excluding hydrogens is 386 g/mol. The van der Waals surface area contributed by atoms with Gasteiger partial charge in [-0.25, -0.2) is 0 Å². The summed E-state index contributed by atoms with van der Waals surface area (Å²) in [5.74, 6) is 0.887. The van der Waals surface area contributed by atoms with Gasteiger partial charge >= 0.3 is 0 Å². The molecule has 152 valence electrons. The van der Waals surface area contributed by atoms with Crippen molar-refractivity contribution in [2.75, 3.05) is 44.6 Å². The average Bonchev–Trinajstić information content (AvgIpc) is 2.75. The molecule has 6 nitrogen and oxygen atoms in total. The molecule has 7 heteroatoms. The molecule has 4 rings (SSSR count). The Labute approximate surface area is 175 Å². The summed E-state index contributed by atoms with van der Waals surface area (Å²) < 4.78 is 5.76. The third kappa shape index (κ3) is 4.74. The lowest BCUT2D eigenvalue weighted by molar-refractivity contribution is -0.115. The van der Waals surface area contributed by atoms with E-state index < -0.39 is 0 Å². The lowest BCUT2D eigenvalue weighted by atomic mass is 10.1. The van der Waals surface area contributed by atoms with E-state index in [1.165, 1.54) is 11.8 Å². The van der Waals surface area contributed by atoms with Crippen LogP contribution in [0, 0.1) is 0 Å². The van der Waals surface area contributed by atoms with Gasteiger partial charge in [-0.05, 0) is 37.3 Å². The fourth-order valence-electron chi connectivity index (χ4n) is 3.51. The van der Waals surface area contributed by atoms with Crippen LogP contribution in [-0.2, 0) is 4.79 Å². The van der Waals surface area contributed by atoms with Crippen molar-refractivity contribution in [3.05, 3.63) is 54.1 Å². The quantitative estimate of drug-likeness (QED) is 0.820. The molecule has 29 heavy (non-hydrogen) atoms. The molecule has 1 fully saturated rings. The first-order chi connectivity index (χ1) is 14.1. The molecule has 2 heterocycles. The summed E-state index contributed by atoms with van der Waals surface area (Å²) in [4.78, 5) is 30.0. The second-order valence-electron chi connectivity index (χ2n) is 7.26. The van der Waals surface area contributed by atoms with Crippen LogP contribution in [0.2, 0.25) is 0 Å². The van der Waals surface area contributed by atoms with Gasteiger partial charge in [0.05, 0.1) is 10.9 Å². The number of fused-ring (bicyclic) bond motifs is 1. The maximum atomic E-state index is 12.9. The Kier molecular flexibility index (Phi) is 6.06. The van der Waals surface area contributed by atoms with Gasteiger partial charge in [-0.1, -0.05) is 18.2 Å². The third-order valence-corrected chi connectivity index (χ3v) is 6.41. The highest BCUT2D eigenvalue weighted by atomic mass is 32.2. The third-order valence-electron chi connectivity index (χ3n) is 5.24. The Morgan fingerprint density at radius 1 is 1.14 bits per heavy atom. The number of nitrogens with zero attached hydrogens (tertiary/aromatic N) is 2. The molecule has 2 aromatic carbocycles. The second kappa shape index (κ2) is 8.88. The largest absolute Gasteiger partial charge is 0.492 e. The summed E-state index contributed by atoms with van der Waals surface area (Å²) in [5, 5.41) is 2.79. The lowest BCUT2D eigenvalue weighted by Crippen LogP contribution is -2.49. The zero-order valence-electron chi connectivity index (χ0n) is 16.5. The number of amides is 2. The van der Waals surface area contributed by atoms with Crippen LogP contribution in [-0.4, -0.2) is 66.2 Å². The highest BCUT2D eigenvalue weighted by Gasteiger charge is 2.26. The highest BCUT2D eigenvalue weighted by Crippen LogP contribution is 2.36. The molecule has 2 aromatic rings. The smallest absolute Gasteiger partial charge is 0.254 e. The number of rotatable bonds is 5. The number of nitrogens with one attached hydrogen (secondary N) is 1. The van der Waals surface area contributed by atoms with Gasteiger partial charge in [-0.15, -0.1) is 11.8 Å². The van der Waals surface area contributed by atoms with E-state index in [2.05, 4.69) is 10.2 Å². The van der Waals surface area contributed by atoms with E-state index in [4.69, 9.17) is 4.74 Å². The molecule has 1 saturated heterocycles. The minimum atomic E-state index is -0.108.